The van der Waals surface area contributed by atoms with Crippen molar-refractivity contribution in [2.24, 2.45) is 0 Å². The number of nitrogens with zero attached hydrogens (tertiary/aromatic N) is 2. The molecule has 0 fully saturated rings. The topological polar surface area (TPSA) is 54.9 Å². The summed E-state index contributed by atoms with van der Waals surface area (Å²) >= 11 is 1.35. The van der Waals surface area contributed by atoms with Gasteiger partial charge in [0.25, 0.3) is 0 Å². The van der Waals surface area contributed by atoms with Gasteiger partial charge in [-0.15, -0.1) is 0 Å². The molecule has 1 amide bonds. The van der Waals surface area contributed by atoms with Gasteiger partial charge in [0.2, 0.25) is 5.91 Å². The number of benzene rings is 1. The molecule has 0 radical (unpaired) electrons. The van der Waals surface area contributed by atoms with Crippen molar-refractivity contribution >= 4 is 23.4 Å². The third kappa shape index (κ3) is 3.81. The van der Waals surface area contributed by atoms with Crippen LogP contribution in [0.4, 0.5) is 5.69 Å². The Balaban J connectivity index is 1.94. The van der Waals surface area contributed by atoms with E-state index in [4.69, 9.17) is 0 Å². The molecule has 1 N–H and O–H groups in total. The summed E-state index contributed by atoms with van der Waals surface area (Å²) in [6.07, 6.45) is 0. The van der Waals surface area contributed by atoms with Crippen molar-refractivity contribution in [3.63, 3.8) is 0 Å². The Hall–Kier alpha value is -1.88. The van der Waals surface area contributed by atoms with E-state index in [0.29, 0.717) is 10.9 Å². The van der Waals surface area contributed by atoms with Crippen LogP contribution in [-0.4, -0.2) is 21.6 Å². The van der Waals surface area contributed by atoms with Crippen molar-refractivity contribution in [3.8, 4) is 0 Å². The standard InChI is InChI=1S/C15H17N3OS/c1-10-11(2)16-15(17-12(10)3)20-9-14(19)18-13-7-5-4-6-8-13/h4-8H,9H2,1-3H3,(H,18,19). The zero-order chi connectivity index (χ0) is 14.5. The fourth-order valence-corrected chi connectivity index (χ4v) is 2.39. The van der Waals surface area contributed by atoms with Crippen molar-refractivity contribution in [3.05, 3.63) is 47.3 Å². The summed E-state index contributed by atoms with van der Waals surface area (Å²) in [5.41, 5.74) is 3.82. The highest BCUT2D eigenvalue weighted by Crippen LogP contribution is 2.17. The minimum absolute atomic E-state index is 0.0549. The first-order valence-electron chi connectivity index (χ1n) is 6.36. The van der Waals surface area contributed by atoms with Crippen LogP contribution in [0.1, 0.15) is 17.0 Å². The summed E-state index contributed by atoms with van der Waals surface area (Å²) in [6, 6.07) is 9.41. The highest BCUT2D eigenvalue weighted by molar-refractivity contribution is 7.99. The maximum atomic E-state index is 11.8. The SMILES string of the molecule is Cc1nc(SCC(=O)Nc2ccccc2)nc(C)c1C. The molecule has 5 heteroatoms. The molecule has 1 aromatic heterocycles. The van der Waals surface area contributed by atoms with Crippen LogP contribution in [-0.2, 0) is 4.79 Å². The number of amides is 1. The normalized spacial score (nSPS) is 10.3. The van der Waals surface area contributed by atoms with Gasteiger partial charge in [-0.3, -0.25) is 4.79 Å². The van der Waals surface area contributed by atoms with Crippen LogP contribution in [0, 0.1) is 20.8 Å². The number of carbonyl (C=O) groups excluding carboxylic acids is 1. The summed E-state index contributed by atoms with van der Waals surface area (Å²) in [6.45, 7) is 5.91. The minimum Gasteiger partial charge on any atom is -0.325 e. The third-order valence-electron chi connectivity index (χ3n) is 3.00. The van der Waals surface area contributed by atoms with Crippen molar-refractivity contribution < 1.29 is 4.79 Å². The number of hydrogen-bond donors (Lipinski definition) is 1. The zero-order valence-corrected chi connectivity index (χ0v) is 12.6. The van der Waals surface area contributed by atoms with Gasteiger partial charge in [-0.25, -0.2) is 9.97 Å². The first kappa shape index (κ1) is 14.5. The number of hydrogen-bond acceptors (Lipinski definition) is 4. The van der Waals surface area contributed by atoms with Crippen LogP contribution >= 0.6 is 11.8 Å². The van der Waals surface area contributed by atoms with Crippen LogP contribution in [0.5, 0.6) is 0 Å². The molecule has 20 heavy (non-hydrogen) atoms. The number of aromatic nitrogens is 2. The summed E-state index contributed by atoms with van der Waals surface area (Å²) in [7, 11) is 0. The molecule has 0 unspecified atom stereocenters. The molecule has 2 aromatic rings. The fraction of sp³-hybridized carbons (Fsp3) is 0.267. The van der Waals surface area contributed by atoms with Crippen molar-refractivity contribution in [1.29, 1.82) is 0 Å². The average molecular weight is 287 g/mol. The Kier molecular flexibility index (Phi) is 4.74. The summed E-state index contributed by atoms with van der Waals surface area (Å²) in [4.78, 5) is 20.6. The second-order valence-corrected chi connectivity index (χ2v) is 5.45. The molecule has 0 spiro atoms. The fourth-order valence-electron chi connectivity index (χ4n) is 1.65. The molecule has 0 aliphatic rings. The molecule has 1 heterocycles. The number of nitrogens with one attached hydrogen (secondary N) is 1. The van der Waals surface area contributed by atoms with E-state index in [0.717, 1.165) is 22.6 Å². The Bertz CT molecular complexity index is 591. The largest absolute Gasteiger partial charge is 0.325 e. The van der Waals surface area contributed by atoms with Gasteiger partial charge >= 0.3 is 0 Å². The molecular formula is C15H17N3OS. The van der Waals surface area contributed by atoms with Crippen LogP contribution < -0.4 is 5.32 Å². The van der Waals surface area contributed by atoms with E-state index in [1.165, 1.54) is 11.8 Å². The van der Waals surface area contributed by atoms with E-state index in [2.05, 4.69) is 15.3 Å². The van der Waals surface area contributed by atoms with Crippen LogP contribution in [0.3, 0.4) is 0 Å². The maximum absolute atomic E-state index is 11.8. The molecule has 0 saturated carbocycles. The molecule has 2 rings (SSSR count). The molecule has 1 aromatic carbocycles. The Morgan fingerprint density at radius 1 is 1.10 bits per heavy atom. The van der Waals surface area contributed by atoms with Crippen LogP contribution in [0.2, 0.25) is 0 Å². The molecular weight excluding hydrogens is 270 g/mol. The molecule has 0 saturated heterocycles. The van der Waals surface area contributed by atoms with Gasteiger partial charge in [-0.05, 0) is 38.5 Å². The molecule has 4 nitrogen and oxygen atoms in total. The Morgan fingerprint density at radius 3 is 2.30 bits per heavy atom. The molecule has 0 aliphatic heterocycles. The van der Waals surface area contributed by atoms with Gasteiger partial charge in [0.15, 0.2) is 5.16 Å². The predicted octanol–water partition coefficient (Wildman–Crippen LogP) is 3.13. The lowest BCUT2D eigenvalue weighted by Gasteiger charge is -2.07. The molecule has 104 valence electrons. The Labute approximate surface area is 123 Å². The molecule has 0 atom stereocenters. The highest BCUT2D eigenvalue weighted by Gasteiger charge is 2.08. The number of thioether (sulfide) groups is 1. The minimum atomic E-state index is -0.0549. The van der Waals surface area contributed by atoms with Gasteiger partial charge in [0.1, 0.15) is 0 Å². The van der Waals surface area contributed by atoms with Gasteiger partial charge in [0, 0.05) is 17.1 Å². The van der Waals surface area contributed by atoms with E-state index in [-0.39, 0.29) is 5.91 Å². The Morgan fingerprint density at radius 2 is 1.70 bits per heavy atom. The van der Waals surface area contributed by atoms with E-state index in [1.54, 1.807) is 0 Å². The number of rotatable bonds is 4. The third-order valence-corrected chi connectivity index (χ3v) is 3.85. The van der Waals surface area contributed by atoms with Crippen molar-refractivity contribution in [2.75, 3.05) is 11.1 Å². The maximum Gasteiger partial charge on any atom is 0.234 e. The van der Waals surface area contributed by atoms with E-state index >= 15 is 0 Å². The number of aryl methyl sites for hydroxylation is 2. The van der Waals surface area contributed by atoms with Crippen molar-refractivity contribution in [2.45, 2.75) is 25.9 Å². The lowest BCUT2D eigenvalue weighted by atomic mass is 10.2. The van der Waals surface area contributed by atoms with Gasteiger partial charge < -0.3 is 5.32 Å². The van der Waals surface area contributed by atoms with Gasteiger partial charge in [-0.2, -0.15) is 0 Å². The predicted molar refractivity (Wildman–Crippen MR) is 82.0 cm³/mol. The number of anilines is 1. The number of para-hydroxylation sites is 1. The summed E-state index contributed by atoms with van der Waals surface area (Å²) in [5.74, 6) is 0.247. The van der Waals surface area contributed by atoms with E-state index in [1.807, 2.05) is 51.1 Å². The van der Waals surface area contributed by atoms with Crippen molar-refractivity contribution in [1.82, 2.24) is 9.97 Å². The summed E-state index contributed by atoms with van der Waals surface area (Å²) in [5, 5.41) is 3.48. The second-order valence-electron chi connectivity index (χ2n) is 4.50. The van der Waals surface area contributed by atoms with Crippen LogP contribution in [0.15, 0.2) is 35.5 Å². The smallest absolute Gasteiger partial charge is 0.234 e. The van der Waals surface area contributed by atoms with Gasteiger partial charge in [-0.1, -0.05) is 30.0 Å². The van der Waals surface area contributed by atoms with E-state index < -0.39 is 0 Å². The lowest BCUT2D eigenvalue weighted by Crippen LogP contribution is -2.14. The zero-order valence-electron chi connectivity index (χ0n) is 11.8. The first-order chi connectivity index (χ1) is 9.56. The van der Waals surface area contributed by atoms with E-state index in [9.17, 15) is 4.79 Å². The number of carbonyl (C=O) groups is 1. The summed E-state index contributed by atoms with van der Waals surface area (Å²) < 4.78 is 0. The highest BCUT2D eigenvalue weighted by atomic mass is 32.2. The van der Waals surface area contributed by atoms with Crippen LogP contribution in [0.25, 0.3) is 0 Å². The monoisotopic (exact) mass is 287 g/mol. The second kappa shape index (κ2) is 6.52. The average Bonchev–Trinajstić information content (AvgIpc) is 2.43. The van der Waals surface area contributed by atoms with Gasteiger partial charge in [0.05, 0.1) is 5.75 Å². The molecule has 0 aliphatic carbocycles. The first-order valence-corrected chi connectivity index (χ1v) is 7.34. The molecule has 0 bridgehead atoms. The quantitative estimate of drug-likeness (QED) is 0.693. The lowest BCUT2D eigenvalue weighted by molar-refractivity contribution is -0.113.